The van der Waals surface area contributed by atoms with Crippen LogP contribution in [0.1, 0.15) is 30.1 Å². The molecular formula is C16H15ClO. The van der Waals surface area contributed by atoms with Crippen molar-refractivity contribution in [2.75, 3.05) is 0 Å². The molecule has 1 aliphatic carbocycles. The lowest BCUT2D eigenvalue weighted by atomic mass is 9.87. The highest BCUT2D eigenvalue weighted by Crippen LogP contribution is 2.32. The molecule has 0 aliphatic heterocycles. The molecule has 1 N–H and O–H groups in total. The summed E-state index contributed by atoms with van der Waals surface area (Å²) in [6.45, 7) is 0. The Bertz CT molecular complexity index is 560. The molecule has 3 rings (SSSR count). The maximum absolute atomic E-state index is 9.94. The maximum atomic E-state index is 9.94. The molecule has 2 heteroatoms. The Morgan fingerprint density at radius 2 is 1.72 bits per heavy atom. The molecule has 0 unspecified atom stereocenters. The number of halogens is 1. The van der Waals surface area contributed by atoms with E-state index < -0.39 is 0 Å². The second kappa shape index (κ2) is 4.75. The zero-order valence-electron chi connectivity index (χ0n) is 10.1. The van der Waals surface area contributed by atoms with Crippen molar-refractivity contribution < 1.29 is 5.11 Å². The van der Waals surface area contributed by atoms with Crippen LogP contribution in [0.2, 0.25) is 5.02 Å². The van der Waals surface area contributed by atoms with E-state index in [0.717, 1.165) is 29.8 Å². The summed E-state index contributed by atoms with van der Waals surface area (Å²) in [6, 6.07) is 14.2. The zero-order chi connectivity index (χ0) is 12.5. The molecular weight excluding hydrogens is 244 g/mol. The fourth-order valence-electron chi connectivity index (χ4n) is 2.61. The number of hydrogen-bond donors (Lipinski definition) is 1. The van der Waals surface area contributed by atoms with Crippen molar-refractivity contribution in [3.8, 4) is 11.1 Å². The monoisotopic (exact) mass is 258 g/mol. The number of benzene rings is 2. The fourth-order valence-corrected chi connectivity index (χ4v) is 2.74. The molecule has 0 heterocycles. The highest BCUT2D eigenvalue weighted by atomic mass is 35.5. The summed E-state index contributed by atoms with van der Waals surface area (Å²) in [4.78, 5) is 0. The first kappa shape index (κ1) is 11.8. The van der Waals surface area contributed by atoms with Crippen LogP contribution in [0.25, 0.3) is 11.1 Å². The second-order valence-electron chi connectivity index (χ2n) is 4.83. The van der Waals surface area contributed by atoms with Crippen molar-refractivity contribution in [2.45, 2.75) is 25.4 Å². The number of rotatable bonds is 1. The number of fused-ring (bicyclic) bond motifs is 1. The van der Waals surface area contributed by atoms with Crippen LogP contribution in [0.5, 0.6) is 0 Å². The van der Waals surface area contributed by atoms with Crippen LogP contribution in [0, 0.1) is 0 Å². The van der Waals surface area contributed by atoms with Crippen LogP contribution in [0.3, 0.4) is 0 Å². The summed E-state index contributed by atoms with van der Waals surface area (Å²) in [5.41, 5.74) is 4.74. The van der Waals surface area contributed by atoms with E-state index in [4.69, 9.17) is 11.6 Å². The van der Waals surface area contributed by atoms with Crippen LogP contribution >= 0.6 is 11.6 Å². The lowest BCUT2D eigenvalue weighted by Crippen LogP contribution is -2.08. The lowest BCUT2D eigenvalue weighted by molar-refractivity contribution is 0.156. The number of hydrogen-bond acceptors (Lipinski definition) is 1. The third-order valence-electron chi connectivity index (χ3n) is 3.60. The second-order valence-corrected chi connectivity index (χ2v) is 5.26. The van der Waals surface area contributed by atoms with E-state index in [9.17, 15) is 5.11 Å². The van der Waals surface area contributed by atoms with Gasteiger partial charge in [0.1, 0.15) is 0 Å². The Morgan fingerprint density at radius 3 is 2.50 bits per heavy atom. The van der Waals surface area contributed by atoms with Crippen LogP contribution in [-0.4, -0.2) is 5.11 Å². The van der Waals surface area contributed by atoms with Crippen molar-refractivity contribution in [1.82, 2.24) is 0 Å². The van der Waals surface area contributed by atoms with Gasteiger partial charge in [0.25, 0.3) is 0 Å². The smallest absolute Gasteiger partial charge is 0.0792 e. The Kier molecular flexibility index (Phi) is 3.11. The van der Waals surface area contributed by atoms with Crippen molar-refractivity contribution >= 4 is 11.6 Å². The largest absolute Gasteiger partial charge is 0.388 e. The van der Waals surface area contributed by atoms with Gasteiger partial charge in [0, 0.05) is 5.02 Å². The molecule has 0 bridgehead atoms. The van der Waals surface area contributed by atoms with Crippen LogP contribution in [-0.2, 0) is 6.42 Å². The molecule has 92 valence electrons. The zero-order valence-corrected chi connectivity index (χ0v) is 10.8. The first-order valence-electron chi connectivity index (χ1n) is 6.31. The number of aliphatic hydroxyl groups excluding tert-OH is 1. The van der Waals surface area contributed by atoms with Gasteiger partial charge in [-0.25, -0.2) is 0 Å². The van der Waals surface area contributed by atoms with Gasteiger partial charge in [-0.15, -0.1) is 0 Å². The predicted molar refractivity (Wildman–Crippen MR) is 74.8 cm³/mol. The maximum Gasteiger partial charge on any atom is 0.0792 e. The minimum atomic E-state index is -0.284. The molecule has 1 nitrogen and oxygen atoms in total. The van der Waals surface area contributed by atoms with Crippen LogP contribution in [0.4, 0.5) is 0 Å². The first-order chi connectivity index (χ1) is 8.74. The van der Waals surface area contributed by atoms with Crippen LogP contribution in [0.15, 0.2) is 42.5 Å². The van der Waals surface area contributed by atoms with Gasteiger partial charge in [0.05, 0.1) is 6.10 Å². The van der Waals surface area contributed by atoms with Gasteiger partial charge in [-0.2, -0.15) is 0 Å². The molecule has 18 heavy (non-hydrogen) atoms. The Morgan fingerprint density at radius 1 is 1.00 bits per heavy atom. The molecule has 0 aromatic heterocycles. The van der Waals surface area contributed by atoms with E-state index in [1.807, 2.05) is 24.3 Å². The van der Waals surface area contributed by atoms with E-state index in [1.165, 1.54) is 16.7 Å². The Balaban J connectivity index is 2.01. The molecule has 2 aromatic carbocycles. The van der Waals surface area contributed by atoms with Gasteiger partial charge in [-0.05, 0) is 53.6 Å². The molecule has 0 amide bonds. The predicted octanol–water partition coefficient (Wildman–Crippen LogP) is 4.38. The number of aryl methyl sites for hydroxylation is 1. The van der Waals surface area contributed by atoms with Crippen molar-refractivity contribution in [1.29, 1.82) is 0 Å². The molecule has 1 atom stereocenters. The summed E-state index contributed by atoms with van der Waals surface area (Å²) >= 11 is 5.90. The lowest BCUT2D eigenvalue weighted by Gasteiger charge is -2.22. The van der Waals surface area contributed by atoms with Crippen LogP contribution < -0.4 is 0 Å². The van der Waals surface area contributed by atoms with Gasteiger partial charge in [-0.1, -0.05) is 41.9 Å². The highest BCUT2D eigenvalue weighted by molar-refractivity contribution is 6.30. The molecule has 0 spiro atoms. The summed E-state index contributed by atoms with van der Waals surface area (Å²) in [6.07, 6.45) is 2.73. The Hall–Kier alpha value is -1.31. The standard InChI is InChI=1S/C16H15ClO/c17-14-7-4-11(5-8-14)12-6-9-15-13(10-12)2-1-3-16(15)18/h4-10,16,18H,1-3H2/t16-/m0/s1. The van der Waals surface area contributed by atoms with Gasteiger partial charge < -0.3 is 5.11 Å². The summed E-state index contributed by atoms with van der Waals surface area (Å²) in [7, 11) is 0. The third kappa shape index (κ3) is 2.16. The molecule has 0 fully saturated rings. The third-order valence-corrected chi connectivity index (χ3v) is 3.86. The van der Waals surface area contributed by atoms with E-state index in [0.29, 0.717) is 0 Å². The van der Waals surface area contributed by atoms with E-state index >= 15 is 0 Å². The minimum Gasteiger partial charge on any atom is -0.388 e. The average Bonchev–Trinajstić information content (AvgIpc) is 2.39. The molecule has 0 radical (unpaired) electrons. The van der Waals surface area contributed by atoms with E-state index in [1.54, 1.807) is 0 Å². The van der Waals surface area contributed by atoms with Crippen molar-refractivity contribution in [3.05, 3.63) is 58.6 Å². The van der Waals surface area contributed by atoms with Crippen molar-refractivity contribution in [3.63, 3.8) is 0 Å². The summed E-state index contributed by atoms with van der Waals surface area (Å²) in [5.74, 6) is 0. The minimum absolute atomic E-state index is 0.284. The molecule has 1 aliphatic rings. The summed E-state index contributed by atoms with van der Waals surface area (Å²) in [5, 5.41) is 10.7. The number of aliphatic hydroxyl groups is 1. The Labute approximate surface area is 112 Å². The van der Waals surface area contributed by atoms with Gasteiger partial charge in [0.2, 0.25) is 0 Å². The van der Waals surface area contributed by atoms with Crippen molar-refractivity contribution in [2.24, 2.45) is 0 Å². The SMILES string of the molecule is O[C@H]1CCCc2cc(-c3ccc(Cl)cc3)ccc21. The normalized spacial score (nSPS) is 18.4. The quantitative estimate of drug-likeness (QED) is 0.805. The fraction of sp³-hybridized carbons (Fsp3) is 0.250. The molecule has 0 saturated carbocycles. The first-order valence-corrected chi connectivity index (χ1v) is 6.69. The molecule has 2 aromatic rings. The van der Waals surface area contributed by atoms with E-state index in [2.05, 4.69) is 18.2 Å². The molecule has 0 saturated heterocycles. The average molecular weight is 259 g/mol. The topological polar surface area (TPSA) is 20.2 Å². The van der Waals surface area contributed by atoms with Gasteiger partial charge in [-0.3, -0.25) is 0 Å². The summed E-state index contributed by atoms with van der Waals surface area (Å²) < 4.78 is 0. The van der Waals surface area contributed by atoms with E-state index in [-0.39, 0.29) is 6.10 Å². The van der Waals surface area contributed by atoms with Gasteiger partial charge >= 0.3 is 0 Å². The highest BCUT2D eigenvalue weighted by Gasteiger charge is 2.17. The van der Waals surface area contributed by atoms with Gasteiger partial charge in [0.15, 0.2) is 0 Å².